The molecule has 1 saturated carbocycles. The zero-order valence-electron chi connectivity index (χ0n) is 11.7. The number of ether oxygens (including phenoxy) is 1. The number of benzene rings is 1. The van der Waals surface area contributed by atoms with Gasteiger partial charge in [-0.3, -0.25) is 4.79 Å². The van der Waals surface area contributed by atoms with E-state index in [1.54, 1.807) is 0 Å². The molecule has 0 bridgehead atoms. The number of carbonyl (C=O) groups is 1. The van der Waals surface area contributed by atoms with Crippen LogP contribution in [0.25, 0.3) is 0 Å². The molecule has 1 fully saturated rings. The van der Waals surface area contributed by atoms with Gasteiger partial charge in [-0.1, -0.05) is 18.2 Å². The summed E-state index contributed by atoms with van der Waals surface area (Å²) in [6.07, 6.45) is 4.70. The molecule has 1 unspecified atom stereocenters. The summed E-state index contributed by atoms with van der Waals surface area (Å²) in [6.45, 7) is 0.752. The molecule has 4 nitrogen and oxygen atoms in total. The smallest absolute Gasteiger partial charge is 0.261 e. The quantitative estimate of drug-likeness (QED) is 0.880. The first-order valence-electron chi connectivity index (χ1n) is 7.50. The number of nitrogens with two attached hydrogens (primary N) is 1. The fraction of sp³-hybridized carbons (Fsp3) is 0.562. The third-order valence-electron chi connectivity index (χ3n) is 4.40. The van der Waals surface area contributed by atoms with Crippen molar-refractivity contribution in [2.24, 2.45) is 11.7 Å². The maximum atomic E-state index is 12.2. The van der Waals surface area contributed by atoms with Gasteiger partial charge in [-0.25, -0.2) is 0 Å². The monoisotopic (exact) mass is 274 g/mol. The van der Waals surface area contributed by atoms with Crippen LogP contribution in [0.1, 0.15) is 31.2 Å². The normalized spacial score (nSPS) is 28.6. The summed E-state index contributed by atoms with van der Waals surface area (Å²) in [5, 5.41) is 3.04. The van der Waals surface area contributed by atoms with Crippen molar-refractivity contribution in [2.75, 3.05) is 6.54 Å². The lowest BCUT2D eigenvalue weighted by Gasteiger charge is -2.26. The summed E-state index contributed by atoms with van der Waals surface area (Å²) >= 11 is 0. The second kappa shape index (κ2) is 5.83. The molecular weight excluding hydrogens is 252 g/mol. The van der Waals surface area contributed by atoms with Crippen molar-refractivity contribution in [1.82, 2.24) is 5.32 Å². The number of amides is 1. The molecule has 1 amide bonds. The molecule has 0 spiro atoms. The molecule has 1 heterocycles. The molecule has 20 heavy (non-hydrogen) atoms. The van der Waals surface area contributed by atoms with Gasteiger partial charge >= 0.3 is 0 Å². The van der Waals surface area contributed by atoms with Crippen molar-refractivity contribution < 1.29 is 9.53 Å². The van der Waals surface area contributed by atoms with E-state index in [0.29, 0.717) is 18.4 Å². The van der Waals surface area contributed by atoms with E-state index < -0.39 is 0 Å². The first-order chi connectivity index (χ1) is 9.72. The Balaban J connectivity index is 1.47. The average molecular weight is 274 g/mol. The SMILES string of the molecule is NC1CCC(CNC(=O)C2Cc3ccccc3O2)CC1. The zero-order valence-corrected chi connectivity index (χ0v) is 11.7. The van der Waals surface area contributed by atoms with E-state index in [0.717, 1.165) is 43.5 Å². The summed E-state index contributed by atoms with van der Waals surface area (Å²) in [7, 11) is 0. The number of fused-ring (bicyclic) bond motifs is 1. The Kier molecular flexibility index (Phi) is 3.92. The highest BCUT2D eigenvalue weighted by Crippen LogP contribution is 2.28. The number of nitrogens with one attached hydrogen (secondary N) is 1. The van der Waals surface area contributed by atoms with Crippen LogP contribution in [0.5, 0.6) is 5.75 Å². The van der Waals surface area contributed by atoms with E-state index in [-0.39, 0.29) is 12.0 Å². The third kappa shape index (κ3) is 2.96. The van der Waals surface area contributed by atoms with Crippen molar-refractivity contribution in [2.45, 2.75) is 44.2 Å². The Morgan fingerprint density at radius 1 is 1.25 bits per heavy atom. The fourth-order valence-corrected chi connectivity index (χ4v) is 3.08. The standard InChI is InChI=1S/C16H22N2O2/c17-13-7-5-11(6-8-13)10-18-16(19)15-9-12-3-1-2-4-14(12)20-15/h1-4,11,13,15H,5-10,17H2,(H,18,19). The maximum absolute atomic E-state index is 12.2. The Morgan fingerprint density at radius 3 is 2.75 bits per heavy atom. The number of carbonyl (C=O) groups excluding carboxylic acids is 1. The van der Waals surface area contributed by atoms with Crippen LogP contribution in [0.3, 0.4) is 0 Å². The minimum atomic E-state index is -0.363. The predicted octanol–water partition coefficient (Wildman–Crippen LogP) is 1.62. The summed E-state index contributed by atoms with van der Waals surface area (Å²) in [4.78, 5) is 12.2. The molecule has 3 N–H and O–H groups in total. The van der Waals surface area contributed by atoms with Gasteiger partial charge in [0, 0.05) is 19.0 Å². The topological polar surface area (TPSA) is 64.3 Å². The van der Waals surface area contributed by atoms with Gasteiger partial charge < -0.3 is 15.8 Å². The first-order valence-corrected chi connectivity index (χ1v) is 7.50. The van der Waals surface area contributed by atoms with Crippen molar-refractivity contribution in [1.29, 1.82) is 0 Å². The number of rotatable bonds is 3. The average Bonchev–Trinajstić information content (AvgIpc) is 2.90. The number of hydrogen-bond donors (Lipinski definition) is 2. The summed E-state index contributed by atoms with van der Waals surface area (Å²) < 4.78 is 5.69. The van der Waals surface area contributed by atoms with Crippen LogP contribution in [0.4, 0.5) is 0 Å². The van der Waals surface area contributed by atoms with E-state index in [9.17, 15) is 4.79 Å². The van der Waals surface area contributed by atoms with Gasteiger partial charge in [0.05, 0.1) is 0 Å². The minimum absolute atomic E-state index is 0.0103. The molecule has 1 aromatic carbocycles. The largest absolute Gasteiger partial charge is 0.480 e. The molecule has 1 aromatic rings. The van der Waals surface area contributed by atoms with Crippen LogP contribution in [0.15, 0.2) is 24.3 Å². The Bertz CT molecular complexity index is 456. The Morgan fingerprint density at radius 2 is 2.00 bits per heavy atom. The predicted molar refractivity (Wildman–Crippen MR) is 77.5 cm³/mol. The molecular formula is C16H22N2O2. The lowest BCUT2D eigenvalue weighted by atomic mass is 9.86. The second-order valence-corrected chi connectivity index (χ2v) is 5.94. The van der Waals surface area contributed by atoms with E-state index in [4.69, 9.17) is 10.5 Å². The van der Waals surface area contributed by atoms with Crippen LogP contribution in [-0.4, -0.2) is 24.6 Å². The molecule has 0 radical (unpaired) electrons. The molecule has 1 aliphatic carbocycles. The van der Waals surface area contributed by atoms with Crippen LogP contribution in [-0.2, 0) is 11.2 Å². The summed E-state index contributed by atoms with van der Waals surface area (Å²) in [5.41, 5.74) is 7.02. The maximum Gasteiger partial charge on any atom is 0.261 e. The molecule has 1 atom stereocenters. The van der Waals surface area contributed by atoms with Crippen molar-refractivity contribution >= 4 is 5.91 Å². The van der Waals surface area contributed by atoms with E-state index in [1.807, 2.05) is 24.3 Å². The Hall–Kier alpha value is -1.55. The minimum Gasteiger partial charge on any atom is -0.480 e. The molecule has 108 valence electrons. The van der Waals surface area contributed by atoms with Gasteiger partial charge in [0.1, 0.15) is 5.75 Å². The van der Waals surface area contributed by atoms with Crippen LogP contribution >= 0.6 is 0 Å². The fourth-order valence-electron chi connectivity index (χ4n) is 3.08. The van der Waals surface area contributed by atoms with Gasteiger partial charge in [-0.15, -0.1) is 0 Å². The van der Waals surface area contributed by atoms with Gasteiger partial charge in [0.15, 0.2) is 6.10 Å². The van der Waals surface area contributed by atoms with Gasteiger partial charge in [-0.2, -0.15) is 0 Å². The molecule has 1 aliphatic heterocycles. The highest BCUT2D eigenvalue weighted by atomic mass is 16.5. The van der Waals surface area contributed by atoms with E-state index in [1.165, 1.54) is 0 Å². The number of para-hydroxylation sites is 1. The van der Waals surface area contributed by atoms with Gasteiger partial charge in [-0.05, 0) is 43.2 Å². The van der Waals surface area contributed by atoms with E-state index in [2.05, 4.69) is 5.32 Å². The first kappa shape index (κ1) is 13.4. The molecule has 0 saturated heterocycles. The zero-order chi connectivity index (χ0) is 13.9. The summed E-state index contributed by atoms with van der Waals surface area (Å²) in [5.74, 6) is 1.43. The molecule has 4 heteroatoms. The highest BCUT2D eigenvalue weighted by molar-refractivity contribution is 5.82. The van der Waals surface area contributed by atoms with Gasteiger partial charge in [0.25, 0.3) is 5.91 Å². The highest BCUT2D eigenvalue weighted by Gasteiger charge is 2.29. The van der Waals surface area contributed by atoms with E-state index >= 15 is 0 Å². The molecule has 2 aliphatic rings. The number of hydrogen-bond acceptors (Lipinski definition) is 3. The Labute approximate surface area is 119 Å². The van der Waals surface area contributed by atoms with Crippen LogP contribution < -0.4 is 15.8 Å². The van der Waals surface area contributed by atoms with Crippen molar-refractivity contribution in [3.63, 3.8) is 0 Å². The molecule has 0 aromatic heterocycles. The van der Waals surface area contributed by atoms with Gasteiger partial charge in [0.2, 0.25) is 0 Å². The van der Waals surface area contributed by atoms with Crippen molar-refractivity contribution in [3.8, 4) is 5.75 Å². The van der Waals surface area contributed by atoms with Crippen LogP contribution in [0.2, 0.25) is 0 Å². The van der Waals surface area contributed by atoms with Crippen LogP contribution in [0, 0.1) is 5.92 Å². The molecule has 3 rings (SSSR count). The lowest BCUT2D eigenvalue weighted by Crippen LogP contribution is -2.41. The third-order valence-corrected chi connectivity index (χ3v) is 4.40. The lowest BCUT2D eigenvalue weighted by molar-refractivity contribution is -0.127. The second-order valence-electron chi connectivity index (χ2n) is 5.94. The summed E-state index contributed by atoms with van der Waals surface area (Å²) in [6, 6.07) is 8.21. The van der Waals surface area contributed by atoms with Crippen molar-refractivity contribution in [3.05, 3.63) is 29.8 Å².